The van der Waals surface area contributed by atoms with Crippen molar-refractivity contribution < 1.29 is 0 Å². The number of fused-ring (bicyclic) bond motifs is 1. The normalized spacial score (nSPS) is 15.1. The number of hydrogen-bond donors (Lipinski definition) is 0. The van der Waals surface area contributed by atoms with Gasteiger partial charge in [0.2, 0.25) is 5.28 Å². The first-order valence-corrected chi connectivity index (χ1v) is 8.29. The lowest BCUT2D eigenvalue weighted by Crippen LogP contribution is -2.47. The summed E-state index contributed by atoms with van der Waals surface area (Å²) in [7, 11) is 0. The smallest absolute Gasteiger partial charge is 0.224 e. The fraction of sp³-hybridized carbons (Fsp3) is 0.294. The van der Waals surface area contributed by atoms with E-state index in [1.165, 1.54) is 0 Å². The highest BCUT2D eigenvalue weighted by molar-refractivity contribution is 6.28. The van der Waals surface area contributed by atoms with Crippen molar-refractivity contribution in [3.63, 3.8) is 0 Å². The average Bonchev–Trinajstić information content (AvgIpc) is 2.60. The molecule has 0 N–H and O–H groups in total. The zero-order chi connectivity index (χ0) is 16.5. The van der Waals surface area contributed by atoms with Gasteiger partial charge in [0, 0.05) is 43.3 Å². The van der Waals surface area contributed by atoms with Crippen LogP contribution < -0.4 is 9.80 Å². The van der Waals surface area contributed by atoms with E-state index in [0.29, 0.717) is 5.28 Å². The predicted octanol–water partition coefficient (Wildman–Crippen LogP) is 2.71. The van der Waals surface area contributed by atoms with Crippen molar-refractivity contribution in [1.82, 2.24) is 19.9 Å². The van der Waals surface area contributed by atoms with Gasteiger partial charge in [0.05, 0.1) is 5.52 Å². The van der Waals surface area contributed by atoms with E-state index in [1.54, 1.807) is 6.33 Å². The number of aryl methyl sites for hydroxylation is 1. The van der Waals surface area contributed by atoms with Crippen molar-refractivity contribution in [2.75, 3.05) is 36.0 Å². The third-order valence-electron chi connectivity index (χ3n) is 4.24. The first kappa shape index (κ1) is 15.1. The van der Waals surface area contributed by atoms with Gasteiger partial charge in [0.25, 0.3) is 0 Å². The maximum Gasteiger partial charge on any atom is 0.224 e. The summed E-state index contributed by atoms with van der Waals surface area (Å²) >= 11 is 5.98. The predicted molar refractivity (Wildman–Crippen MR) is 95.7 cm³/mol. The van der Waals surface area contributed by atoms with E-state index in [4.69, 9.17) is 11.6 Å². The molecule has 3 aromatic rings. The van der Waals surface area contributed by atoms with Gasteiger partial charge in [-0.1, -0.05) is 12.1 Å². The maximum atomic E-state index is 5.98. The van der Waals surface area contributed by atoms with Crippen LogP contribution in [0.1, 0.15) is 5.69 Å². The van der Waals surface area contributed by atoms with E-state index in [0.717, 1.165) is 54.4 Å². The van der Waals surface area contributed by atoms with Crippen LogP contribution in [0.4, 0.5) is 11.6 Å². The second kappa shape index (κ2) is 6.20. The van der Waals surface area contributed by atoms with Crippen molar-refractivity contribution in [2.45, 2.75) is 6.92 Å². The molecule has 6 nitrogen and oxygen atoms in total. The van der Waals surface area contributed by atoms with Crippen molar-refractivity contribution in [1.29, 1.82) is 0 Å². The highest BCUT2D eigenvalue weighted by Gasteiger charge is 2.21. The Morgan fingerprint density at radius 2 is 1.71 bits per heavy atom. The quantitative estimate of drug-likeness (QED) is 0.668. The molecule has 1 aromatic carbocycles. The third kappa shape index (κ3) is 2.85. The van der Waals surface area contributed by atoms with Crippen LogP contribution in [0.3, 0.4) is 0 Å². The summed E-state index contributed by atoms with van der Waals surface area (Å²) in [6.45, 7) is 5.42. The first-order chi connectivity index (χ1) is 11.7. The van der Waals surface area contributed by atoms with Gasteiger partial charge in [0.15, 0.2) is 0 Å². The summed E-state index contributed by atoms with van der Waals surface area (Å²) in [5.41, 5.74) is 1.86. The molecule has 0 atom stereocenters. The standard InChI is InChI=1S/C17H17ClN6/c1-12-10-15(22-17(18)21-12)23-6-8-24(9-7-23)16-13-4-2-3-5-14(13)19-11-20-16/h2-5,10-11H,6-9H2,1H3. The third-order valence-corrected chi connectivity index (χ3v) is 4.41. The average molecular weight is 341 g/mol. The molecule has 7 heteroatoms. The van der Waals surface area contributed by atoms with E-state index >= 15 is 0 Å². The number of piperazine rings is 1. The van der Waals surface area contributed by atoms with Gasteiger partial charge < -0.3 is 9.80 Å². The van der Waals surface area contributed by atoms with Crippen molar-refractivity contribution in [3.05, 3.63) is 47.6 Å². The molecule has 1 saturated heterocycles. The van der Waals surface area contributed by atoms with Crippen molar-refractivity contribution in [2.24, 2.45) is 0 Å². The zero-order valence-electron chi connectivity index (χ0n) is 13.4. The van der Waals surface area contributed by atoms with Gasteiger partial charge in [-0.15, -0.1) is 0 Å². The number of para-hydroxylation sites is 1. The lowest BCUT2D eigenvalue weighted by molar-refractivity contribution is 0.642. The van der Waals surface area contributed by atoms with Crippen LogP contribution in [0.15, 0.2) is 36.7 Å². The maximum absolute atomic E-state index is 5.98. The zero-order valence-corrected chi connectivity index (χ0v) is 14.1. The van der Waals surface area contributed by atoms with Gasteiger partial charge in [-0.05, 0) is 30.7 Å². The molecule has 24 heavy (non-hydrogen) atoms. The van der Waals surface area contributed by atoms with Crippen LogP contribution in [0.5, 0.6) is 0 Å². The van der Waals surface area contributed by atoms with E-state index in [2.05, 4.69) is 35.8 Å². The monoisotopic (exact) mass is 340 g/mol. The number of anilines is 2. The van der Waals surface area contributed by atoms with E-state index in [9.17, 15) is 0 Å². The van der Waals surface area contributed by atoms with Gasteiger partial charge in [0.1, 0.15) is 18.0 Å². The summed E-state index contributed by atoms with van der Waals surface area (Å²) in [4.78, 5) is 21.9. The molecule has 0 radical (unpaired) electrons. The molecule has 0 aliphatic carbocycles. The van der Waals surface area contributed by atoms with Crippen LogP contribution in [0.25, 0.3) is 10.9 Å². The molecule has 0 spiro atoms. The summed E-state index contributed by atoms with van der Waals surface area (Å²) in [6, 6.07) is 10.1. The second-order valence-corrected chi connectivity index (χ2v) is 6.16. The lowest BCUT2D eigenvalue weighted by Gasteiger charge is -2.36. The number of halogens is 1. The molecular weight excluding hydrogens is 324 g/mol. The van der Waals surface area contributed by atoms with E-state index in [1.807, 2.05) is 31.2 Å². The van der Waals surface area contributed by atoms with Crippen LogP contribution in [-0.2, 0) is 0 Å². The Labute approximate surface area is 145 Å². The summed E-state index contributed by atoms with van der Waals surface area (Å²) in [5.74, 6) is 1.89. The number of benzene rings is 1. The Kier molecular flexibility index (Phi) is 3.90. The Balaban J connectivity index is 1.55. The number of aromatic nitrogens is 4. The molecule has 1 fully saturated rings. The van der Waals surface area contributed by atoms with Crippen LogP contribution in [-0.4, -0.2) is 46.1 Å². The van der Waals surface area contributed by atoms with Gasteiger partial charge in [-0.3, -0.25) is 0 Å². The fourth-order valence-electron chi connectivity index (χ4n) is 3.07. The fourth-order valence-corrected chi connectivity index (χ4v) is 3.29. The molecule has 4 rings (SSSR count). The minimum atomic E-state index is 0.300. The molecule has 122 valence electrons. The summed E-state index contributed by atoms with van der Waals surface area (Å²) in [5, 5.41) is 1.39. The SMILES string of the molecule is Cc1cc(N2CCN(c3ncnc4ccccc34)CC2)nc(Cl)n1. The Hall–Kier alpha value is -2.47. The molecule has 3 heterocycles. The second-order valence-electron chi connectivity index (χ2n) is 5.83. The van der Waals surface area contributed by atoms with E-state index < -0.39 is 0 Å². The van der Waals surface area contributed by atoms with Crippen molar-refractivity contribution >= 4 is 34.1 Å². The molecule has 0 saturated carbocycles. The minimum absolute atomic E-state index is 0.300. The molecule has 0 amide bonds. The Morgan fingerprint density at radius 1 is 0.958 bits per heavy atom. The first-order valence-electron chi connectivity index (χ1n) is 7.91. The highest BCUT2D eigenvalue weighted by Crippen LogP contribution is 2.25. The molecule has 0 bridgehead atoms. The largest absolute Gasteiger partial charge is 0.353 e. The molecular formula is C17H17ClN6. The molecule has 1 aliphatic heterocycles. The van der Waals surface area contributed by atoms with Crippen LogP contribution in [0, 0.1) is 6.92 Å². The van der Waals surface area contributed by atoms with Crippen LogP contribution >= 0.6 is 11.6 Å². The Bertz CT molecular complexity index is 850. The number of rotatable bonds is 2. The molecule has 0 unspecified atom stereocenters. The Morgan fingerprint density at radius 3 is 2.50 bits per heavy atom. The van der Waals surface area contributed by atoms with Gasteiger partial charge >= 0.3 is 0 Å². The molecule has 1 aliphatic rings. The van der Waals surface area contributed by atoms with Gasteiger partial charge in [-0.25, -0.2) is 19.9 Å². The van der Waals surface area contributed by atoms with Gasteiger partial charge in [-0.2, -0.15) is 0 Å². The topological polar surface area (TPSA) is 58.0 Å². The summed E-state index contributed by atoms with van der Waals surface area (Å²) in [6.07, 6.45) is 1.64. The minimum Gasteiger partial charge on any atom is -0.353 e. The number of hydrogen-bond acceptors (Lipinski definition) is 6. The summed E-state index contributed by atoms with van der Waals surface area (Å²) < 4.78 is 0. The lowest BCUT2D eigenvalue weighted by atomic mass is 10.2. The van der Waals surface area contributed by atoms with Crippen LogP contribution in [0.2, 0.25) is 5.28 Å². The van der Waals surface area contributed by atoms with E-state index in [-0.39, 0.29) is 0 Å². The van der Waals surface area contributed by atoms with Crippen molar-refractivity contribution in [3.8, 4) is 0 Å². The molecule has 2 aromatic heterocycles. The highest BCUT2D eigenvalue weighted by atomic mass is 35.5. The number of nitrogens with zero attached hydrogens (tertiary/aromatic N) is 6.